The van der Waals surface area contributed by atoms with Gasteiger partial charge in [0, 0.05) is 11.1 Å². The van der Waals surface area contributed by atoms with Crippen molar-refractivity contribution in [1.82, 2.24) is 0 Å². The quantitative estimate of drug-likeness (QED) is 0.573. The molecular formula is C11H30O3PSi3-. The molecule has 0 saturated carbocycles. The van der Waals surface area contributed by atoms with Gasteiger partial charge in [-0.3, -0.25) is 0 Å². The Balaban J connectivity index is 6.58. The minimum absolute atomic E-state index is 0.547. The average molecular weight is 326 g/mol. The fraction of sp³-hybridized carbons (Fsp3) is 1.00. The van der Waals surface area contributed by atoms with E-state index in [1.54, 1.807) is 0 Å². The van der Waals surface area contributed by atoms with Crippen LogP contribution in [0.2, 0.25) is 58.9 Å². The molecule has 0 rings (SSSR count). The van der Waals surface area contributed by atoms with E-state index in [-0.39, 0.29) is 0 Å². The molecule has 0 bridgehead atoms. The highest BCUT2D eigenvalue weighted by Crippen LogP contribution is 2.63. The van der Waals surface area contributed by atoms with E-state index >= 15 is 0 Å². The van der Waals surface area contributed by atoms with Crippen LogP contribution in [0.15, 0.2) is 0 Å². The van der Waals surface area contributed by atoms with E-state index in [2.05, 4.69) is 58.9 Å². The maximum atomic E-state index is 12.9. The second-order valence-corrected chi connectivity index (χ2v) is 28.7. The third-order valence-corrected chi connectivity index (χ3v) is 33.7. The molecule has 3 nitrogen and oxygen atoms in total. The summed E-state index contributed by atoms with van der Waals surface area (Å²) in [6.45, 7) is 19.7. The molecule has 110 valence electrons. The molecule has 1 atom stereocenters. The highest BCUT2D eigenvalue weighted by molar-refractivity contribution is 7.66. The summed E-state index contributed by atoms with van der Waals surface area (Å²) in [5, 5.41) is 0. The van der Waals surface area contributed by atoms with E-state index < -0.39 is 35.8 Å². The van der Waals surface area contributed by atoms with Gasteiger partial charge in [0.25, 0.3) is 0 Å². The lowest BCUT2D eigenvalue weighted by atomic mass is 11.6. The summed E-state index contributed by atoms with van der Waals surface area (Å²) in [5.74, 6) is 0. The van der Waals surface area contributed by atoms with Crippen molar-refractivity contribution in [2.45, 2.75) is 62.9 Å². The van der Waals surface area contributed by atoms with Crippen LogP contribution in [0.5, 0.6) is 0 Å². The first-order valence-electron chi connectivity index (χ1n) is 6.43. The van der Waals surface area contributed by atoms with Gasteiger partial charge in [-0.2, -0.15) is 0 Å². The molecule has 7 heteroatoms. The number of rotatable bonds is 5. The van der Waals surface area contributed by atoms with Gasteiger partial charge in [-0.1, -0.05) is 58.9 Å². The van der Waals surface area contributed by atoms with Crippen molar-refractivity contribution >= 4 is 31.8 Å². The summed E-state index contributed by atoms with van der Waals surface area (Å²) in [6.07, 6.45) is 0. The van der Waals surface area contributed by atoms with Gasteiger partial charge in [0.15, 0.2) is 0 Å². The van der Waals surface area contributed by atoms with E-state index in [4.69, 9.17) is 4.52 Å². The first-order valence-corrected chi connectivity index (χ1v) is 18.5. The molecule has 1 unspecified atom stereocenters. The lowest BCUT2D eigenvalue weighted by Gasteiger charge is -2.63. The van der Waals surface area contributed by atoms with Crippen molar-refractivity contribution in [3.8, 4) is 0 Å². The molecule has 0 amide bonds. The minimum atomic E-state index is -3.84. The molecule has 0 N–H and O–H groups in total. The maximum absolute atomic E-state index is 12.9. The van der Waals surface area contributed by atoms with Crippen LogP contribution in [0.1, 0.15) is 0 Å². The summed E-state index contributed by atoms with van der Waals surface area (Å²) in [7, 11) is -8.33. The predicted octanol–water partition coefficient (Wildman–Crippen LogP) is 3.56. The van der Waals surface area contributed by atoms with Gasteiger partial charge >= 0.3 is 0 Å². The first-order chi connectivity index (χ1) is 7.56. The van der Waals surface area contributed by atoms with E-state index in [1.165, 1.54) is 7.11 Å². The Morgan fingerprint density at radius 3 is 1.11 bits per heavy atom. The zero-order valence-corrected chi connectivity index (χ0v) is 17.6. The zero-order valence-electron chi connectivity index (χ0n) is 13.7. The highest BCUT2D eigenvalue weighted by Gasteiger charge is 2.65. The Bertz CT molecular complexity index is 314. The van der Waals surface area contributed by atoms with Crippen LogP contribution in [0.4, 0.5) is 0 Å². The minimum Gasteiger partial charge on any atom is -0.779 e. The van der Waals surface area contributed by atoms with Crippen molar-refractivity contribution in [2.75, 3.05) is 7.11 Å². The Morgan fingerprint density at radius 2 is 1.06 bits per heavy atom. The van der Waals surface area contributed by atoms with Crippen molar-refractivity contribution < 1.29 is 14.0 Å². The largest absolute Gasteiger partial charge is 0.779 e. The number of hydrogen-bond donors (Lipinski definition) is 0. The van der Waals surface area contributed by atoms with Gasteiger partial charge in [-0.05, 0) is 0 Å². The monoisotopic (exact) mass is 325 g/mol. The van der Waals surface area contributed by atoms with Gasteiger partial charge < -0.3 is 14.0 Å². The summed E-state index contributed by atoms with van der Waals surface area (Å²) in [6, 6.07) is 0. The Labute approximate surface area is 116 Å². The van der Waals surface area contributed by atoms with Gasteiger partial charge in [-0.25, -0.2) is 0 Å². The lowest BCUT2D eigenvalue weighted by Crippen LogP contribution is -2.77. The van der Waals surface area contributed by atoms with Crippen LogP contribution in [0.25, 0.3) is 0 Å². The van der Waals surface area contributed by atoms with Crippen molar-refractivity contribution in [1.29, 1.82) is 0 Å². The van der Waals surface area contributed by atoms with Gasteiger partial charge in [0.05, 0.1) is 24.2 Å². The van der Waals surface area contributed by atoms with Crippen molar-refractivity contribution in [3.05, 3.63) is 0 Å². The van der Waals surface area contributed by atoms with Gasteiger partial charge in [0.1, 0.15) is 7.60 Å². The van der Waals surface area contributed by atoms with Crippen LogP contribution in [-0.2, 0) is 9.09 Å². The molecule has 0 aromatic heterocycles. The fourth-order valence-corrected chi connectivity index (χ4v) is 42.7. The molecule has 0 radical (unpaired) electrons. The SMILES string of the molecule is COP(=O)([O-])C([Si](C)(C)C)([Si](C)(C)C)[Si](C)(C)C. The lowest BCUT2D eigenvalue weighted by molar-refractivity contribution is -0.197. The second kappa shape index (κ2) is 4.97. The normalized spacial score (nSPS) is 18.6. The standard InChI is InChI=1S/C11H31O3PSi3/c1-14-15(12,13)11(16(2,3)4,17(5,6)7)18(8,9)10/h1-10H3,(H,12,13)/p-1. The van der Waals surface area contributed by atoms with Gasteiger partial charge in [-0.15, -0.1) is 0 Å². The molecule has 0 aliphatic rings. The third-order valence-electron chi connectivity index (χ3n) is 3.91. The molecule has 0 heterocycles. The molecule has 0 aliphatic carbocycles. The van der Waals surface area contributed by atoms with E-state index in [0.29, 0.717) is 0 Å². The molecule has 0 spiro atoms. The second-order valence-electron chi connectivity index (χ2n) is 8.14. The van der Waals surface area contributed by atoms with Crippen LogP contribution in [0.3, 0.4) is 0 Å². The summed E-state index contributed by atoms with van der Waals surface area (Å²) in [4.78, 5) is 12.9. The average Bonchev–Trinajstić information content (AvgIpc) is 1.94. The zero-order chi connectivity index (χ0) is 15.2. The van der Waals surface area contributed by atoms with Crippen molar-refractivity contribution in [2.24, 2.45) is 0 Å². The molecule has 0 saturated heterocycles. The molecule has 0 aromatic carbocycles. The third kappa shape index (κ3) is 2.65. The fourth-order valence-electron chi connectivity index (χ4n) is 4.74. The predicted molar refractivity (Wildman–Crippen MR) is 87.4 cm³/mol. The van der Waals surface area contributed by atoms with Crippen LogP contribution < -0.4 is 4.89 Å². The van der Waals surface area contributed by atoms with Crippen LogP contribution in [0, 0.1) is 0 Å². The summed E-state index contributed by atoms with van der Waals surface area (Å²) < 4.78 is 17.4. The van der Waals surface area contributed by atoms with Crippen LogP contribution in [-0.4, -0.2) is 35.4 Å². The topological polar surface area (TPSA) is 49.4 Å². The van der Waals surface area contributed by atoms with E-state index in [1.807, 2.05) is 0 Å². The van der Waals surface area contributed by atoms with E-state index in [0.717, 1.165) is 0 Å². The first kappa shape index (κ1) is 18.8. The molecule has 0 fully saturated rings. The Morgan fingerprint density at radius 1 is 0.833 bits per heavy atom. The highest BCUT2D eigenvalue weighted by atomic mass is 31.2. The molecule has 0 aliphatic heterocycles. The summed E-state index contributed by atoms with van der Waals surface area (Å²) in [5.41, 5.74) is 0. The Hall–Kier alpha value is 0.801. The van der Waals surface area contributed by atoms with Gasteiger partial charge in [0.2, 0.25) is 0 Å². The maximum Gasteiger partial charge on any atom is 0.132 e. The van der Waals surface area contributed by atoms with Crippen molar-refractivity contribution in [3.63, 3.8) is 0 Å². The van der Waals surface area contributed by atoms with E-state index in [9.17, 15) is 9.46 Å². The smallest absolute Gasteiger partial charge is 0.132 e. The molecular weight excluding hydrogens is 295 g/mol. The Kier molecular flexibility index (Phi) is 5.19. The number of hydrogen-bond acceptors (Lipinski definition) is 3. The van der Waals surface area contributed by atoms with Crippen LogP contribution >= 0.6 is 7.60 Å². The summed E-state index contributed by atoms with van der Waals surface area (Å²) >= 11 is 0. The molecule has 18 heavy (non-hydrogen) atoms. The molecule has 0 aromatic rings.